The van der Waals surface area contributed by atoms with E-state index < -0.39 is 11.5 Å². The summed E-state index contributed by atoms with van der Waals surface area (Å²) < 4.78 is 4.83. The Bertz CT molecular complexity index is 201. The highest BCUT2D eigenvalue weighted by molar-refractivity contribution is 7.80. The summed E-state index contributed by atoms with van der Waals surface area (Å²) in [6.45, 7) is 3.08. The number of hydroxylamine groups is 2. The van der Waals surface area contributed by atoms with E-state index in [-0.39, 0.29) is 5.17 Å². The smallest absolute Gasteiger partial charge is 0.297 e. The van der Waals surface area contributed by atoms with Crippen LogP contribution in [0.25, 0.3) is 0 Å². The fraction of sp³-hybridized carbons (Fsp3) is 0.600. The van der Waals surface area contributed by atoms with Gasteiger partial charge in [-0.05, 0) is 26.1 Å². The number of carbonyl (C=O) groups is 1. The molecule has 0 unspecified atom stereocenters. The van der Waals surface area contributed by atoms with Crippen molar-refractivity contribution in [1.82, 2.24) is 5.06 Å². The van der Waals surface area contributed by atoms with Crippen molar-refractivity contribution in [3.8, 4) is 0 Å². The van der Waals surface area contributed by atoms with E-state index in [4.69, 9.17) is 9.94 Å². The van der Waals surface area contributed by atoms with Crippen LogP contribution in [-0.4, -0.2) is 27.0 Å². The second-order valence-corrected chi connectivity index (χ2v) is 2.84. The summed E-state index contributed by atoms with van der Waals surface area (Å²) in [6, 6.07) is 0. The van der Waals surface area contributed by atoms with Gasteiger partial charge in [-0.25, -0.2) is 0 Å². The van der Waals surface area contributed by atoms with E-state index in [0.717, 1.165) is 0 Å². The maximum Gasteiger partial charge on any atom is 0.297 e. The lowest BCUT2D eigenvalue weighted by atomic mass is 10.1. The van der Waals surface area contributed by atoms with Crippen LogP contribution in [0.2, 0.25) is 0 Å². The lowest BCUT2D eigenvalue weighted by molar-refractivity contribution is -0.151. The van der Waals surface area contributed by atoms with Crippen molar-refractivity contribution in [1.29, 1.82) is 0 Å². The topological polar surface area (TPSA) is 49.8 Å². The molecule has 56 valence electrons. The van der Waals surface area contributed by atoms with Gasteiger partial charge in [-0.1, -0.05) is 0 Å². The highest BCUT2D eigenvalue weighted by Crippen LogP contribution is 2.21. The summed E-state index contributed by atoms with van der Waals surface area (Å²) >= 11 is 4.50. The van der Waals surface area contributed by atoms with Gasteiger partial charge in [0.25, 0.3) is 11.1 Å². The predicted octanol–water partition coefficient (Wildman–Crippen LogP) is 0.298. The summed E-state index contributed by atoms with van der Waals surface area (Å²) in [5.74, 6) is -0.530. The molecule has 5 heteroatoms. The zero-order chi connectivity index (χ0) is 7.94. The Kier molecular flexibility index (Phi) is 1.41. The van der Waals surface area contributed by atoms with Crippen molar-refractivity contribution < 1.29 is 14.7 Å². The van der Waals surface area contributed by atoms with Gasteiger partial charge >= 0.3 is 0 Å². The average molecular weight is 161 g/mol. The van der Waals surface area contributed by atoms with E-state index in [2.05, 4.69) is 12.2 Å². The number of rotatable bonds is 0. The molecule has 1 N–H and O–H groups in total. The largest absolute Gasteiger partial charge is 0.453 e. The number of ether oxygens (including phenoxy) is 1. The molecule has 0 aromatic rings. The third-order valence-electron chi connectivity index (χ3n) is 1.22. The Morgan fingerprint density at radius 3 is 2.30 bits per heavy atom. The number of amides is 1. The average Bonchev–Trinajstić information content (AvgIpc) is 1.95. The molecule has 1 aliphatic heterocycles. The van der Waals surface area contributed by atoms with Crippen LogP contribution in [0, 0.1) is 0 Å². The van der Waals surface area contributed by atoms with Gasteiger partial charge in [-0.15, -0.1) is 5.06 Å². The summed E-state index contributed by atoms with van der Waals surface area (Å²) in [7, 11) is 0. The second-order valence-electron chi connectivity index (χ2n) is 2.50. The third kappa shape index (κ3) is 0.871. The van der Waals surface area contributed by atoms with Crippen LogP contribution in [0.5, 0.6) is 0 Å². The van der Waals surface area contributed by atoms with Crippen LogP contribution in [0.15, 0.2) is 0 Å². The number of hydrogen-bond donors (Lipinski definition) is 1. The molecule has 4 nitrogen and oxygen atoms in total. The van der Waals surface area contributed by atoms with Crippen molar-refractivity contribution in [2.75, 3.05) is 0 Å². The Balaban J connectivity index is 2.92. The fourth-order valence-electron chi connectivity index (χ4n) is 0.643. The molecule has 0 spiro atoms. The third-order valence-corrected chi connectivity index (χ3v) is 1.48. The maximum atomic E-state index is 10.9. The Labute approximate surface area is 63.3 Å². The van der Waals surface area contributed by atoms with Crippen LogP contribution >= 0.6 is 12.2 Å². The fourth-order valence-corrected chi connectivity index (χ4v) is 0.934. The molecule has 0 aromatic carbocycles. The minimum absolute atomic E-state index is 0.185. The van der Waals surface area contributed by atoms with Gasteiger partial charge in [-0.3, -0.25) is 10.0 Å². The minimum Gasteiger partial charge on any atom is -0.453 e. The van der Waals surface area contributed by atoms with E-state index in [0.29, 0.717) is 5.06 Å². The maximum absolute atomic E-state index is 10.9. The number of carbonyl (C=O) groups excluding carboxylic acids is 1. The SMILES string of the molecule is CC1(C)OC(=S)N(O)C1=O. The van der Waals surface area contributed by atoms with Crippen LogP contribution < -0.4 is 0 Å². The van der Waals surface area contributed by atoms with Crippen LogP contribution in [0.3, 0.4) is 0 Å². The van der Waals surface area contributed by atoms with Crippen LogP contribution in [0.4, 0.5) is 0 Å². The first kappa shape index (κ1) is 7.43. The first-order valence-electron chi connectivity index (χ1n) is 2.71. The first-order valence-corrected chi connectivity index (χ1v) is 3.12. The van der Waals surface area contributed by atoms with Crippen LogP contribution in [-0.2, 0) is 9.53 Å². The zero-order valence-electron chi connectivity index (χ0n) is 5.62. The van der Waals surface area contributed by atoms with Crippen molar-refractivity contribution >= 4 is 23.3 Å². The Hall–Kier alpha value is -0.680. The van der Waals surface area contributed by atoms with Gasteiger partial charge in [0.15, 0.2) is 5.60 Å². The second kappa shape index (κ2) is 1.90. The van der Waals surface area contributed by atoms with E-state index in [1.807, 2.05) is 0 Å². The molecule has 0 saturated carbocycles. The van der Waals surface area contributed by atoms with Gasteiger partial charge in [0.2, 0.25) is 0 Å². The number of thiocarbonyl (C=S) groups is 1. The molecule has 10 heavy (non-hydrogen) atoms. The number of nitrogens with zero attached hydrogens (tertiary/aromatic N) is 1. The van der Waals surface area contributed by atoms with E-state index in [1.165, 1.54) is 13.8 Å². The van der Waals surface area contributed by atoms with Crippen molar-refractivity contribution in [3.63, 3.8) is 0 Å². The summed E-state index contributed by atoms with van der Waals surface area (Å²) in [5.41, 5.74) is -1.01. The molecular weight excluding hydrogens is 154 g/mol. The van der Waals surface area contributed by atoms with Gasteiger partial charge in [-0.2, -0.15) is 0 Å². The highest BCUT2D eigenvalue weighted by atomic mass is 32.1. The molecule has 0 aromatic heterocycles. The zero-order valence-corrected chi connectivity index (χ0v) is 6.44. The highest BCUT2D eigenvalue weighted by Gasteiger charge is 2.44. The van der Waals surface area contributed by atoms with E-state index >= 15 is 0 Å². The first-order chi connectivity index (χ1) is 4.45. The summed E-state index contributed by atoms with van der Waals surface area (Å²) in [5, 5.41) is 8.98. The quantitative estimate of drug-likeness (QED) is 0.410. The van der Waals surface area contributed by atoms with Gasteiger partial charge in [0, 0.05) is 0 Å². The Morgan fingerprint density at radius 1 is 1.70 bits per heavy atom. The molecule has 0 radical (unpaired) electrons. The van der Waals surface area contributed by atoms with Gasteiger partial charge in [0.1, 0.15) is 0 Å². The lowest BCUT2D eigenvalue weighted by Gasteiger charge is -2.10. The molecule has 1 saturated heterocycles. The summed E-state index contributed by atoms with van der Waals surface area (Å²) in [6.07, 6.45) is 0. The van der Waals surface area contributed by atoms with E-state index in [9.17, 15) is 4.79 Å². The van der Waals surface area contributed by atoms with Crippen molar-refractivity contribution in [2.24, 2.45) is 0 Å². The van der Waals surface area contributed by atoms with Gasteiger partial charge in [0.05, 0.1) is 0 Å². The monoisotopic (exact) mass is 161 g/mol. The molecule has 0 bridgehead atoms. The molecule has 0 aliphatic carbocycles. The predicted molar refractivity (Wildman–Crippen MR) is 36.4 cm³/mol. The molecule has 1 heterocycles. The lowest BCUT2D eigenvalue weighted by Crippen LogP contribution is -2.33. The molecule has 1 fully saturated rings. The molecule has 0 atom stereocenters. The van der Waals surface area contributed by atoms with Crippen LogP contribution in [0.1, 0.15) is 13.8 Å². The standard InChI is InChI=1S/C5H7NO3S/c1-5(2)3(7)6(8)4(10)9-5/h8H,1-2H3. The van der Waals surface area contributed by atoms with Gasteiger partial charge < -0.3 is 4.74 Å². The summed E-state index contributed by atoms with van der Waals surface area (Å²) in [4.78, 5) is 10.9. The van der Waals surface area contributed by atoms with E-state index in [1.54, 1.807) is 0 Å². The van der Waals surface area contributed by atoms with Crippen molar-refractivity contribution in [3.05, 3.63) is 0 Å². The molecule has 1 aliphatic rings. The molecule has 1 rings (SSSR count). The van der Waals surface area contributed by atoms with Crippen molar-refractivity contribution in [2.45, 2.75) is 19.4 Å². The molecule has 1 amide bonds. The number of hydrogen-bond acceptors (Lipinski definition) is 4. The minimum atomic E-state index is -1.01. The molecular formula is C5H7NO3S. The normalized spacial score (nSPS) is 23.3. The Morgan fingerprint density at radius 2 is 2.20 bits per heavy atom.